The third-order valence-electron chi connectivity index (χ3n) is 2.72. The molecule has 1 saturated heterocycles. The number of piperazine rings is 1. The molecule has 1 amide bonds. The van der Waals surface area contributed by atoms with Crippen molar-refractivity contribution in [1.29, 1.82) is 0 Å². The number of nitrogens with zero attached hydrogens (tertiary/aromatic N) is 2. The normalized spacial score (nSPS) is 23.0. The molecule has 2 rings (SSSR count). The van der Waals surface area contributed by atoms with Crippen LogP contribution in [-0.4, -0.2) is 61.5 Å². The quantitative estimate of drug-likeness (QED) is 0.591. The summed E-state index contributed by atoms with van der Waals surface area (Å²) in [4.78, 5) is 15.9. The Labute approximate surface area is 84.6 Å². The zero-order valence-corrected chi connectivity index (χ0v) is 8.41. The number of rotatable bonds is 2. The minimum Gasteiger partial charge on any atom is -0.339 e. The summed E-state index contributed by atoms with van der Waals surface area (Å²) in [6, 6.07) is 0. The van der Waals surface area contributed by atoms with Gasteiger partial charge in [0.15, 0.2) is 0 Å². The van der Waals surface area contributed by atoms with Crippen LogP contribution in [0.25, 0.3) is 0 Å². The molecule has 14 heavy (non-hydrogen) atoms. The monoisotopic (exact) mass is 195 g/mol. The molecule has 4 heteroatoms. The first-order valence-corrected chi connectivity index (χ1v) is 5.22. The van der Waals surface area contributed by atoms with Gasteiger partial charge in [0, 0.05) is 39.3 Å². The molecule has 0 atom stereocenters. The minimum atomic E-state index is 0.273. The van der Waals surface area contributed by atoms with Crippen molar-refractivity contribution in [2.75, 3.05) is 45.8 Å². The predicted octanol–water partition coefficient (Wildman–Crippen LogP) is -0.710. The van der Waals surface area contributed by atoms with E-state index < -0.39 is 0 Å². The topological polar surface area (TPSA) is 35.6 Å². The molecule has 0 bridgehead atoms. The van der Waals surface area contributed by atoms with Crippen molar-refractivity contribution in [1.82, 2.24) is 15.1 Å². The van der Waals surface area contributed by atoms with Gasteiger partial charge in [0.1, 0.15) is 0 Å². The van der Waals surface area contributed by atoms with E-state index in [2.05, 4.69) is 22.4 Å². The van der Waals surface area contributed by atoms with Gasteiger partial charge in [-0.15, -0.1) is 0 Å². The number of nitrogens with one attached hydrogen (secondary N) is 1. The van der Waals surface area contributed by atoms with E-state index in [0.717, 1.165) is 39.3 Å². The fraction of sp³-hybridized carbons (Fsp3) is 0.700. The zero-order valence-electron chi connectivity index (χ0n) is 8.41. The molecule has 78 valence electrons. The van der Waals surface area contributed by atoms with E-state index in [0.29, 0.717) is 6.54 Å². The molecule has 0 spiro atoms. The molecule has 2 aliphatic heterocycles. The first-order chi connectivity index (χ1) is 6.86. The van der Waals surface area contributed by atoms with Gasteiger partial charge < -0.3 is 10.2 Å². The summed E-state index contributed by atoms with van der Waals surface area (Å²) in [6.45, 7) is 6.02. The van der Waals surface area contributed by atoms with Crippen LogP contribution in [-0.2, 0) is 4.79 Å². The molecular weight excluding hydrogens is 178 g/mol. The van der Waals surface area contributed by atoms with E-state index in [1.807, 2.05) is 4.90 Å². The molecule has 1 fully saturated rings. The highest BCUT2D eigenvalue weighted by atomic mass is 16.2. The Hall–Kier alpha value is -0.870. The van der Waals surface area contributed by atoms with Crippen molar-refractivity contribution in [2.45, 2.75) is 0 Å². The van der Waals surface area contributed by atoms with Gasteiger partial charge in [-0.2, -0.15) is 0 Å². The lowest BCUT2D eigenvalue weighted by Crippen LogP contribution is -2.49. The van der Waals surface area contributed by atoms with Crippen molar-refractivity contribution in [3.05, 3.63) is 12.2 Å². The second kappa shape index (κ2) is 4.57. The second-order valence-electron chi connectivity index (χ2n) is 3.80. The Balaban J connectivity index is 1.76. The summed E-state index contributed by atoms with van der Waals surface area (Å²) in [7, 11) is 0. The van der Waals surface area contributed by atoms with Gasteiger partial charge in [0.25, 0.3) is 0 Å². The molecule has 0 aromatic heterocycles. The van der Waals surface area contributed by atoms with E-state index >= 15 is 0 Å². The first kappa shape index (κ1) is 9.68. The third-order valence-corrected chi connectivity index (χ3v) is 2.72. The van der Waals surface area contributed by atoms with Crippen LogP contribution in [0.1, 0.15) is 0 Å². The Morgan fingerprint density at radius 3 is 2.50 bits per heavy atom. The standard InChI is InChI=1S/C10H17N3O/c14-10(9-12-5-1-2-6-12)13-7-3-11-4-8-13/h1-2,11H,3-9H2. The highest BCUT2D eigenvalue weighted by Crippen LogP contribution is 2.01. The zero-order chi connectivity index (χ0) is 9.80. The highest BCUT2D eigenvalue weighted by molar-refractivity contribution is 5.78. The molecule has 4 nitrogen and oxygen atoms in total. The SMILES string of the molecule is O=C(CN1CC=CC1)N1CCNCC1. The fourth-order valence-corrected chi connectivity index (χ4v) is 1.86. The molecule has 2 aliphatic rings. The number of amides is 1. The minimum absolute atomic E-state index is 0.273. The van der Waals surface area contributed by atoms with Crippen LogP contribution in [0.5, 0.6) is 0 Å². The maximum Gasteiger partial charge on any atom is 0.236 e. The van der Waals surface area contributed by atoms with Crippen LogP contribution in [0.2, 0.25) is 0 Å². The van der Waals surface area contributed by atoms with Crippen LogP contribution < -0.4 is 5.32 Å². The Bertz CT molecular complexity index is 226. The van der Waals surface area contributed by atoms with Crippen LogP contribution >= 0.6 is 0 Å². The Morgan fingerprint density at radius 1 is 1.21 bits per heavy atom. The second-order valence-corrected chi connectivity index (χ2v) is 3.80. The highest BCUT2D eigenvalue weighted by Gasteiger charge is 2.18. The maximum atomic E-state index is 11.8. The summed E-state index contributed by atoms with van der Waals surface area (Å²) >= 11 is 0. The molecule has 0 aliphatic carbocycles. The van der Waals surface area contributed by atoms with Crippen LogP contribution in [0.4, 0.5) is 0 Å². The fourth-order valence-electron chi connectivity index (χ4n) is 1.86. The van der Waals surface area contributed by atoms with E-state index in [9.17, 15) is 4.79 Å². The summed E-state index contributed by atoms with van der Waals surface area (Å²) in [5.74, 6) is 0.273. The summed E-state index contributed by atoms with van der Waals surface area (Å²) < 4.78 is 0. The molecule has 0 saturated carbocycles. The van der Waals surface area contributed by atoms with E-state index in [1.165, 1.54) is 0 Å². The van der Waals surface area contributed by atoms with E-state index in [-0.39, 0.29) is 5.91 Å². The summed E-state index contributed by atoms with van der Waals surface area (Å²) in [5, 5.41) is 3.24. The average molecular weight is 195 g/mol. The maximum absolute atomic E-state index is 11.8. The number of carbonyl (C=O) groups is 1. The molecule has 0 radical (unpaired) electrons. The van der Waals surface area contributed by atoms with Gasteiger partial charge in [-0.05, 0) is 0 Å². The van der Waals surface area contributed by atoms with Gasteiger partial charge in [-0.3, -0.25) is 9.69 Å². The van der Waals surface area contributed by atoms with Crippen molar-refractivity contribution in [3.8, 4) is 0 Å². The van der Waals surface area contributed by atoms with Gasteiger partial charge in [0.05, 0.1) is 6.54 Å². The van der Waals surface area contributed by atoms with Crippen molar-refractivity contribution in [2.24, 2.45) is 0 Å². The van der Waals surface area contributed by atoms with E-state index in [1.54, 1.807) is 0 Å². The third kappa shape index (κ3) is 2.33. The molecule has 2 heterocycles. The molecule has 0 unspecified atom stereocenters. The molecule has 1 N–H and O–H groups in total. The summed E-state index contributed by atoms with van der Waals surface area (Å²) in [6.07, 6.45) is 4.23. The van der Waals surface area contributed by atoms with Crippen LogP contribution in [0.15, 0.2) is 12.2 Å². The number of hydrogen-bond acceptors (Lipinski definition) is 3. The van der Waals surface area contributed by atoms with Crippen molar-refractivity contribution in [3.63, 3.8) is 0 Å². The predicted molar refractivity (Wildman–Crippen MR) is 55.0 cm³/mol. The Morgan fingerprint density at radius 2 is 1.86 bits per heavy atom. The summed E-state index contributed by atoms with van der Waals surface area (Å²) in [5.41, 5.74) is 0. The van der Waals surface area contributed by atoms with Gasteiger partial charge in [0.2, 0.25) is 5.91 Å². The van der Waals surface area contributed by atoms with Gasteiger partial charge >= 0.3 is 0 Å². The smallest absolute Gasteiger partial charge is 0.236 e. The van der Waals surface area contributed by atoms with Gasteiger partial charge in [-0.1, -0.05) is 12.2 Å². The van der Waals surface area contributed by atoms with Gasteiger partial charge in [-0.25, -0.2) is 0 Å². The average Bonchev–Trinajstić information content (AvgIpc) is 2.72. The lowest BCUT2D eigenvalue weighted by molar-refractivity contribution is -0.132. The molecular formula is C10H17N3O. The largest absolute Gasteiger partial charge is 0.339 e. The lowest BCUT2D eigenvalue weighted by Gasteiger charge is -2.29. The number of carbonyl (C=O) groups excluding carboxylic acids is 1. The number of hydrogen-bond donors (Lipinski definition) is 1. The van der Waals surface area contributed by atoms with Crippen molar-refractivity contribution >= 4 is 5.91 Å². The molecule has 0 aromatic rings. The van der Waals surface area contributed by atoms with Crippen LogP contribution in [0, 0.1) is 0 Å². The van der Waals surface area contributed by atoms with Crippen LogP contribution in [0.3, 0.4) is 0 Å². The molecule has 0 aromatic carbocycles. The van der Waals surface area contributed by atoms with Crippen molar-refractivity contribution < 1.29 is 4.79 Å². The van der Waals surface area contributed by atoms with E-state index in [4.69, 9.17) is 0 Å². The Kier molecular flexibility index (Phi) is 3.16. The lowest BCUT2D eigenvalue weighted by atomic mass is 10.3. The first-order valence-electron chi connectivity index (χ1n) is 5.22.